The van der Waals surface area contributed by atoms with Crippen LogP contribution in [0.1, 0.15) is 62.5 Å². The van der Waals surface area contributed by atoms with E-state index >= 15 is 0 Å². The fraction of sp³-hybridized carbons (Fsp3) is 0.378. The van der Waals surface area contributed by atoms with Gasteiger partial charge in [-0.1, -0.05) is 59.6 Å². The van der Waals surface area contributed by atoms with E-state index in [2.05, 4.69) is 10.2 Å². The molecule has 3 saturated heterocycles. The summed E-state index contributed by atoms with van der Waals surface area (Å²) in [6.07, 6.45) is 4.74. The van der Waals surface area contributed by atoms with Crippen LogP contribution in [0.5, 0.6) is 11.5 Å². The third kappa shape index (κ3) is 7.43. The van der Waals surface area contributed by atoms with Gasteiger partial charge in [-0.15, -0.1) is 11.3 Å². The Bertz CT molecular complexity index is 1840. The highest BCUT2D eigenvalue weighted by Crippen LogP contribution is 2.41. The minimum atomic E-state index is -1.20. The zero-order chi connectivity index (χ0) is 35.6. The van der Waals surface area contributed by atoms with Gasteiger partial charge in [0.05, 0.1) is 14.2 Å². The quantitative estimate of drug-likeness (QED) is 0.0823. The molecule has 264 valence electrons. The van der Waals surface area contributed by atoms with Gasteiger partial charge in [0.2, 0.25) is 12.4 Å². The molecule has 13 heteroatoms. The number of carboxylic acid groups (broad SMARTS) is 1. The van der Waals surface area contributed by atoms with Crippen molar-refractivity contribution in [2.75, 3.05) is 33.9 Å². The molecule has 0 aliphatic carbocycles. The largest absolute Gasteiger partial charge is 0.493 e. The second-order valence-corrected chi connectivity index (χ2v) is 14.9. The maximum absolute atomic E-state index is 14.0. The van der Waals surface area contributed by atoms with Crippen LogP contribution in [0.25, 0.3) is 0 Å². The summed E-state index contributed by atoms with van der Waals surface area (Å²) in [5, 5.41) is 24.4. The number of piperidine rings is 3. The van der Waals surface area contributed by atoms with E-state index in [9.17, 15) is 19.9 Å². The summed E-state index contributed by atoms with van der Waals surface area (Å²) < 4.78 is 18.1. The van der Waals surface area contributed by atoms with Crippen molar-refractivity contribution in [3.8, 4) is 11.5 Å². The number of pyridine rings is 1. The van der Waals surface area contributed by atoms with Crippen molar-refractivity contribution in [1.29, 1.82) is 0 Å². The first-order chi connectivity index (χ1) is 24.0. The molecule has 0 amide bonds. The number of methoxy groups -OCH3 is 2. The molecule has 3 aliphatic heterocycles. The summed E-state index contributed by atoms with van der Waals surface area (Å²) in [5.74, 6) is -0.654. The van der Waals surface area contributed by atoms with Gasteiger partial charge in [-0.2, -0.15) is 0 Å². The Labute approximate surface area is 305 Å². The Morgan fingerprint density at radius 3 is 2.32 bits per heavy atom. The number of carbonyl (C=O) groups is 2. The third-order valence-electron chi connectivity index (χ3n) is 9.90. The first kappa shape index (κ1) is 35.9. The zero-order valence-electron chi connectivity index (χ0n) is 28.0. The lowest BCUT2D eigenvalue weighted by Gasteiger charge is -2.45. The van der Waals surface area contributed by atoms with Crippen LogP contribution < -0.4 is 19.5 Å². The number of rotatable bonds is 13. The fourth-order valence-electron chi connectivity index (χ4n) is 7.01. The van der Waals surface area contributed by atoms with Gasteiger partial charge in [-0.3, -0.25) is 15.4 Å². The van der Waals surface area contributed by atoms with Gasteiger partial charge in [-0.25, -0.2) is 9.59 Å². The van der Waals surface area contributed by atoms with Gasteiger partial charge in [0.15, 0.2) is 11.5 Å². The predicted molar refractivity (Wildman–Crippen MR) is 190 cm³/mol. The molecule has 2 aromatic carbocycles. The summed E-state index contributed by atoms with van der Waals surface area (Å²) in [4.78, 5) is 30.1. The number of halogens is 2. The van der Waals surface area contributed by atoms with Crippen molar-refractivity contribution in [3.05, 3.63) is 109 Å². The van der Waals surface area contributed by atoms with Crippen LogP contribution in [0.15, 0.2) is 67.0 Å². The SMILES string of the molecule is COc1ccc([C@H](Cc2c(Cl)c[n+](O)cc2Cl)c2cc(CNC(C)(C(=O)O[C@H]3CN4CCC3CC4)c3ccccc3)sc2C(=O)O)cc1OC. The van der Waals surface area contributed by atoms with E-state index < -0.39 is 17.4 Å². The Morgan fingerprint density at radius 2 is 1.72 bits per heavy atom. The molecular formula is C37H40Cl2N3O7S+. The normalized spacial score (nSPS) is 20.1. The molecule has 0 saturated carbocycles. The van der Waals surface area contributed by atoms with Gasteiger partial charge < -0.3 is 19.3 Å². The summed E-state index contributed by atoms with van der Waals surface area (Å²) in [6, 6.07) is 16.7. The van der Waals surface area contributed by atoms with E-state index in [4.69, 9.17) is 37.4 Å². The van der Waals surface area contributed by atoms with E-state index in [1.54, 1.807) is 19.2 Å². The lowest BCUT2D eigenvalue weighted by molar-refractivity contribution is -0.904. The maximum Gasteiger partial charge on any atom is 0.346 e. The smallest absolute Gasteiger partial charge is 0.346 e. The molecule has 2 bridgehead atoms. The number of hydrogen-bond acceptors (Lipinski definition) is 9. The van der Waals surface area contributed by atoms with E-state index in [0.29, 0.717) is 33.4 Å². The number of nitrogens with one attached hydrogen (secondary N) is 1. The molecule has 3 N–H and O–H groups in total. The number of esters is 1. The molecule has 3 atom stereocenters. The standard InChI is InChI=1S/C37H39Cl2N3O7S/c1-37(24-7-5-4-6-8-24,36(45)49-33-21-41-13-11-22(33)12-14-41)40-18-25-16-27(34(50-25)35(43)44)26(17-28-29(38)19-42(46)20-30(28)39)23-9-10-31(47-2)32(15-23)48-3/h4-10,15-16,19-20,22,26,33,40H,11-14,17-18,21H2,1-3H3,(H-,43,44,46)/p+1/t26-,33-,37?/m0/s1. The van der Waals surface area contributed by atoms with Gasteiger partial charge in [0, 0.05) is 34.2 Å². The Balaban J connectivity index is 1.35. The molecule has 10 nitrogen and oxygen atoms in total. The van der Waals surface area contributed by atoms with Crippen molar-refractivity contribution >= 4 is 46.5 Å². The first-order valence-electron chi connectivity index (χ1n) is 16.4. The van der Waals surface area contributed by atoms with Crippen molar-refractivity contribution in [2.45, 2.75) is 50.3 Å². The highest BCUT2D eigenvalue weighted by Gasteiger charge is 2.42. The molecular weight excluding hydrogens is 701 g/mol. The van der Waals surface area contributed by atoms with E-state index in [1.807, 2.05) is 49.4 Å². The van der Waals surface area contributed by atoms with Crippen molar-refractivity contribution in [1.82, 2.24) is 10.2 Å². The van der Waals surface area contributed by atoms with Crippen molar-refractivity contribution in [2.24, 2.45) is 5.92 Å². The number of nitrogens with zero attached hydrogens (tertiary/aromatic N) is 2. The van der Waals surface area contributed by atoms with Crippen LogP contribution in [0, 0.1) is 5.92 Å². The molecule has 7 rings (SSSR count). The first-order valence-corrected chi connectivity index (χ1v) is 18.0. The second-order valence-electron chi connectivity index (χ2n) is 12.9. The molecule has 50 heavy (non-hydrogen) atoms. The number of hydrogen-bond donors (Lipinski definition) is 3. The predicted octanol–water partition coefficient (Wildman–Crippen LogP) is 6.31. The van der Waals surface area contributed by atoms with Crippen LogP contribution in [0.4, 0.5) is 0 Å². The topological polar surface area (TPSA) is 121 Å². The van der Waals surface area contributed by atoms with Crippen LogP contribution in [-0.4, -0.2) is 67.1 Å². The molecule has 4 aromatic rings. The Morgan fingerprint density at radius 1 is 1.04 bits per heavy atom. The van der Waals surface area contributed by atoms with E-state index in [0.717, 1.165) is 59.7 Å². The molecule has 0 radical (unpaired) electrons. The highest BCUT2D eigenvalue weighted by atomic mass is 35.5. The maximum atomic E-state index is 14.0. The molecule has 3 aliphatic rings. The van der Waals surface area contributed by atoms with Crippen LogP contribution in [0.2, 0.25) is 10.0 Å². The van der Waals surface area contributed by atoms with E-state index in [1.165, 1.54) is 19.5 Å². The molecule has 2 aromatic heterocycles. The average Bonchev–Trinajstić information content (AvgIpc) is 3.55. The molecule has 5 heterocycles. The summed E-state index contributed by atoms with van der Waals surface area (Å²) >= 11 is 14.3. The number of fused-ring (bicyclic) bond motifs is 3. The minimum absolute atomic E-state index is 0.137. The Kier molecular flexibility index (Phi) is 10.9. The zero-order valence-corrected chi connectivity index (χ0v) is 30.4. The molecule has 3 fully saturated rings. The minimum Gasteiger partial charge on any atom is -0.493 e. The number of benzene rings is 2. The summed E-state index contributed by atoms with van der Waals surface area (Å²) in [5.41, 5.74) is 1.36. The molecule has 0 spiro atoms. The number of carboxylic acids is 1. The monoisotopic (exact) mass is 740 g/mol. The van der Waals surface area contributed by atoms with Gasteiger partial charge >= 0.3 is 11.9 Å². The van der Waals surface area contributed by atoms with Crippen molar-refractivity contribution in [3.63, 3.8) is 0 Å². The highest BCUT2D eigenvalue weighted by molar-refractivity contribution is 7.14. The van der Waals surface area contributed by atoms with E-state index in [-0.39, 0.29) is 40.0 Å². The van der Waals surface area contributed by atoms with Crippen molar-refractivity contribution < 1.29 is 38.8 Å². The molecule has 1 unspecified atom stereocenters. The third-order valence-corrected chi connectivity index (χ3v) is 11.7. The summed E-state index contributed by atoms with van der Waals surface area (Å²) in [7, 11) is 3.07. The average molecular weight is 742 g/mol. The van der Waals surface area contributed by atoms with Crippen LogP contribution in [-0.2, 0) is 28.0 Å². The van der Waals surface area contributed by atoms with Gasteiger partial charge in [0.1, 0.15) is 26.6 Å². The summed E-state index contributed by atoms with van der Waals surface area (Å²) in [6.45, 7) is 4.82. The van der Waals surface area contributed by atoms with Crippen LogP contribution in [0.3, 0.4) is 0 Å². The number of carbonyl (C=O) groups excluding carboxylic acids is 1. The number of ether oxygens (including phenoxy) is 3. The lowest BCUT2D eigenvalue weighted by Crippen LogP contribution is -2.55. The van der Waals surface area contributed by atoms with Gasteiger partial charge in [0.25, 0.3) is 0 Å². The number of aromatic nitrogens is 1. The van der Waals surface area contributed by atoms with Crippen LogP contribution >= 0.6 is 34.5 Å². The number of aromatic carboxylic acids is 1. The fourth-order valence-corrected chi connectivity index (χ4v) is 8.62. The Hall–Kier alpha value is -3.87. The van der Waals surface area contributed by atoms with Gasteiger partial charge in [-0.05, 0) is 80.1 Å². The second kappa shape index (κ2) is 15.2. The lowest BCUT2D eigenvalue weighted by atomic mass is 9.85. The number of thiophene rings is 1.